The summed E-state index contributed by atoms with van der Waals surface area (Å²) < 4.78 is 4.39. The third-order valence-electron chi connectivity index (χ3n) is 1.36. The second-order valence-corrected chi connectivity index (χ2v) is 2.43. The summed E-state index contributed by atoms with van der Waals surface area (Å²) in [5.41, 5.74) is 0. The van der Waals surface area contributed by atoms with Gasteiger partial charge in [0.05, 0.1) is 13.5 Å². The van der Waals surface area contributed by atoms with Crippen LogP contribution in [0.3, 0.4) is 0 Å². The van der Waals surface area contributed by atoms with Crippen molar-refractivity contribution < 1.29 is 14.3 Å². The Hall–Kier alpha value is -1.06. The van der Waals surface area contributed by atoms with Crippen molar-refractivity contribution in [2.45, 2.75) is 26.2 Å². The Balaban J connectivity index is 3.37. The molecular formula is C8H15NO3. The molecule has 0 aliphatic carbocycles. The molecule has 0 aliphatic rings. The quantitative estimate of drug-likeness (QED) is 0.615. The molecule has 0 aromatic heterocycles. The first-order chi connectivity index (χ1) is 5.70. The number of ether oxygens (including phenoxy) is 1. The molecule has 0 bridgehead atoms. The molecule has 0 radical (unpaired) electrons. The van der Waals surface area contributed by atoms with Crippen LogP contribution in [0, 0.1) is 0 Å². The van der Waals surface area contributed by atoms with Gasteiger partial charge in [-0.05, 0) is 6.42 Å². The van der Waals surface area contributed by atoms with Crippen LogP contribution in [-0.4, -0.2) is 25.5 Å². The maximum Gasteiger partial charge on any atom is 0.306 e. The number of hydrogen-bond donors (Lipinski definition) is 1. The van der Waals surface area contributed by atoms with Crippen LogP contribution in [0.25, 0.3) is 0 Å². The number of carbonyl (C=O) groups excluding carboxylic acids is 2. The molecule has 4 nitrogen and oxygen atoms in total. The van der Waals surface area contributed by atoms with Crippen LogP contribution in [0.4, 0.5) is 0 Å². The molecule has 12 heavy (non-hydrogen) atoms. The lowest BCUT2D eigenvalue weighted by Gasteiger charge is -2.01. The molecule has 0 aromatic carbocycles. The van der Waals surface area contributed by atoms with Gasteiger partial charge in [0.15, 0.2) is 0 Å². The molecule has 0 fully saturated rings. The van der Waals surface area contributed by atoms with Crippen LogP contribution in [0.1, 0.15) is 26.2 Å². The van der Waals surface area contributed by atoms with Crippen LogP contribution in [0.15, 0.2) is 0 Å². The Morgan fingerprint density at radius 2 is 2.00 bits per heavy atom. The molecule has 0 saturated carbocycles. The Morgan fingerprint density at radius 3 is 2.50 bits per heavy atom. The van der Waals surface area contributed by atoms with E-state index in [2.05, 4.69) is 10.1 Å². The van der Waals surface area contributed by atoms with Crippen molar-refractivity contribution in [3.05, 3.63) is 0 Å². The summed E-state index contributed by atoms with van der Waals surface area (Å²) in [6.07, 6.45) is 1.28. The summed E-state index contributed by atoms with van der Waals surface area (Å²) in [6.45, 7) is 2.64. The molecule has 0 rings (SSSR count). The second-order valence-electron chi connectivity index (χ2n) is 2.43. The lowest BCUT2D eigenvalue weighted by Crippen LogP contribution is -2.24. The SMILES string of the molecule is CCCNC(=O)CCC(=O)OC. The maximum atomic E-state index is 10.9. The molecule has 0 unspecified atom stereocenters. The highest BCUT2D eigenvalue weighted by atomic mass is 16.5. The van der Waals surface area contributed by atoms with Gasteiger partial charge in [-0.15, -0.1) is 0 Å². The van der Waals surface area contributed by atoms with E-state index in [1.54, 1.807) is 0 Å². The molecule has 0 aliphatic heterocycles. The van der Waals surface area contributed by atoms with Gasteiger partial charge in [0.25, 0.3) is 0 Å². The predicted molar refractivity (Wildman–Crippen MR) is 44.6 cm³/mol. The van der Waals surface area contributed by atoms with Gasteiger partial charge in [0.2, 0.25) is 5.91 Å². The minimum atomic E-state index is -0.346. The fourth-order valence-corrected chi connectivity index (χ4v) is 0.670. The van der Waals surface area contributed by atoms with E-state index in [1.165, 1.54) is 7.11 Å². The van der Waals surface area contributed by atoms with E-state index in [0.717, 1.165) is 6.42 Å². The van der Waals surface area contributed by atoms with Crippen molar-refractivity contribution >= 4 is 11.9 Å². The van der Waals surface area contributed by atoms with Crippen molar-refractivity contribution in [3.8, 4) is 0 Å². The Morgan fingerprint density at radius 1 is 1.33 bits per heavy atom. The first-order valence-electron chi connectivity index (χ1n) is 4.04. The third kappa shape index (κ3) is 5.70. The standard InChI is InChI=1S/C8H15NO3/c1-3-6-9-7(10)4-5-8(11)12-2/h3-6H2,1-2H3,(H,9,10). The predicted octanol–water partition coefficient (Wildman–Crippen LogP) is 0.466. The van der Waals surface area contributed by atoms with E-state index in [1.807, 2.05) is 6.92 Å². The molecule has 0 saturated heterocycles. The Kier molecular flexibility index (Phi) is 6.05. The van der Waals surface area contributed by atoms with Gasteiger partial charge in [-0.2, -0.15) is 0 Å². The van der Waals surface area contributed by atoms with E-state index in [9.17, 15) is 9.59 Å². The maximum absolute atomic E-state index is 10.9. The largest absolute Gasteiger partial charge is 0.469 e. The number of esters is 1. The zero-order valence-corrected chi connectivity index (χ0v) is 7.55. The van der Waals surface area contributed by atoms with E-state index < -0.39 is 0 Å². The van der Waals surface area contributed by atoms with E-state index in [4.69, 9.17) is 0 Å². The molecule has 0 spiro atoms. The Bertz CT molecular complexity index is 156. The fraction of sp³-hybridized carbons (Fsp3) is 0.750. The van der Waals surface area contributed by atoms with Crippen molar-refractivity contribution in [2.24, 2.45) is 0 Å². The van der Waals surface area contributed by atoms with Crippen LogP contribution >= 0.6 is 0 Å². The highest BCUT2D eigenvalue weighted by molar-refractivity contribution is 5.81. The summed E-state index contributed by atoms with van der Waals surface area (Å²) in [7, 11) is 1.31. The molecule has 1 N–H and O–H groups in total. The highest BCUT2D eigenvalue weighted by Gasteiger charge is 2.04. The van der Waals surface area contributed by atoms with Gasteiger partial charge in [-0.1, -0.05) is 6.92 Å². The van der Waals surface area contributed by atoms with Gasteiger partial charge in [-0.3, -0.25) is 9.59 Å². The summed E-state index contributed by atoms with van der Waals surface area (Å²) in [6, 6.07) is 0. The van der Waals surface area contributed by atoms with E-state index >= 15 is 0 Å². The van der Waals surface area contributed by atoms with Gasteiger partial charge >= 0.3 is 5.97 Å². The van der Waals surface area contributed by atoms with Gasteiger partial charge < -0.3 is 10.1 Å². The first-order valence-corrected chi connectivity index (χ1v) is 4.04. The Labute approximate surface area is 72.3 Å². The summed E-state index contributed by atoms with van der Waals surface area (Å²) in [4.78, 5) is 21.5. The first kappa shape index (κ1) is 10.9. The number of methoxy groups -OCH3 is 1. The minimum Gasteiger partial charge on any atom is -0.469 e. The molecule has 0 aromatic rings. The van der Waals surface area contributed by atoms with Crippen molar-refractivity contribution in [2.75, 3.05) is 13.7 Å². The lowest BCUT2D eigenvalue weighted by atomic mass is 10.3. The second kappa shape index (κ2) is 6.64. The number of amides is 1. The molecule has 1 amide bonds. The summed E-state index contributed by atoms with van der Waals surface area (Å²) in [5, 5.41) is 2.67. The van der Waals surface area contributed by atoms with E-state index in [-0.39, 0.29) is 24.7 Å². The normalized spacial score (nSPS) is 9.17. The lowest BCUT2D eigenvalue weighted by molar-refractivity contribution is -0.142. The smallest absolute Gasteiger partial charge is 0.306 e. The zero-order chi connectivity index (χ0) is 9.40. The van der Waals surface area contributed by atoms with Gasteiger partial charge in [0.1, 0.15) is 0 Å². The monoisotopic (exact) mass is 173 g/mol. The number of rotatable bonds is 5. The molecular weight excluding hydrogens is 158 g/mol. The van der Waals surface area contributed by atoms with Crippen LogP contribution in [-0.2, 0) is 14.3 Å². The topological polar surface area (TPSA) is 55.4 Å². The molecule has 0 heterocycles. The average molecular weight is 173 g/mol. The minimum absolute atomic E-state index is 0.0951. The average Bonchev–Trinajstić information content (AvgIpc) is 2.10. The fourth-order valence-electron chi connectivity index (χ4n) is 0.670. The van der Waals surface area contributed by atoms with Crippen molar-refractivity contribution in [1.29, 1.82) is 0 Å². The van der Waals surface area contributed by atoms with Crippen LogP contribution < -0.4 is 5.32 Å². The molecule has 70 valence electrons. The summed E-state index contributed by atoms with van der Waals surface area (Å²) >= 11 is 0. The van der Waals surface area contributed by atoms with E-state index in [0.29, 0.717) is 6.54 Å². The molecule has 0 atom stereocenters. The van der Waals surface area contributed by atoms with Gasteiger partial charge in [-0.25, -0.2) is 0 Å². The summed E-state index contributed by atoms with van der Waals surface area (Å²) in [5.74, 6) is -0.441. The van der Waals surface area contributed by atoms with Crippen LogP contribution in [0.2, 0.25) is 0 Å². The number of nitrogens with one attached hydrogen (secondary N) is 1. The van der Waals surface area contributed by atoms with Crippen LogP contribution in [0.5, 0.6) is 0 Å². The van der Waals surface area contributed by atoms with Crippen molar-refractivity contribution in [3.63, 3.8) is 0 Å². The zero-order valence-electron chi connectivity index (χ0n) is 7.55. The van der Waals surface area contributed by atoms with Crippen molar-refractivity contribution in [1.82, 2.24) is 5.32 Å². The van der Waals surface area contributed by atoms with Gasteiger partial charge in [0, 0.05) is 13.0 Å². The number of carbonyl (C=O) groups is 2. The third-order valence-corrected chi connectivity index (χ3v) is 1.36. The molecule has 4 heteroatoms. The number of hydrogen-bond acceptors (Lipinski definition) is 3. The highest BCUT2D eigenvalue weighted by Crippen LogP contribution is 1.91.